The molecular weight excluding hydrogens is 130 g/mol. The number of ketones is 1. The van der Waals surface area contributed by atoms with Crippen LogP contribution in [-0.4, -0.2) is 29.7 Å². The van der Waals surface area contributed by atoms with Gasteiger partial charge in [-0.3, -0.25) is 9.59 Å². The first-order valence-corrected chi connectivity index (χ1v) is 3.41. The van der Waals surface area contributed by atoms with Crippen LogP contribution in [-0.2, 0) is 9.59 Å². The van der Waals surface area contributed by atoms with E-state index in [4.69, 9.17) is 0 Å². The van der Waals surface area contributed by atoms with E-state index in [1.54, 1.807) is 4.90 Å². The molecule has 0 bridgehead atoms. The van der Waals surface area contributed by atoms with Crippen molar-refractivity contribution in [3.63, 3.8) is 0 Å². The summed E-state index contributed by atoms with van der Waals surface area (Å²) in [5, 5.41) is 0. The van der Waals surface area contributed by atoms with Gasteiger partial charge in [-0.2, -0.15) is 0 Å². The van der Waals surface area contributed by atoms with Crippen molar-refractivity contribution in [2.75, 3.05) is 13.1 Å². The molecule has 1 aliphatic heterocycles. The first-order chi connectivity index (χ1) is 4.61. The Kier molecular flexibility index (Phi) is 1.74. The van der Waals surface area contributed by atoms with Gasteiger partial charge in [-0.25, -0.2) is 0 Å². The minimum Gasteiger partial charge on any atom is -0.328 e. The third kappa shape index (κ3) is 1.17. The Hall–Kier alpha value is -0.860. The van der Waals surface area contributed by atoms with Crippen LogP contribution in [0.15, 0.2) is 0 Å². The zero-order valence-electron chi connectivity index (χ0n) is 6.26. The van der Waals surface area contributed by atoms with Gasteiger partial charge in [0.25, 0.3) is 0 Å². The van der Waals surface area contributed by atoms with E-state index in [9.17, 15) is 9.59 Å². The van der Waals surface area contributed by atoms with E-state index in [0.29, 0.717) is 13.1 Å². The summed E-state index contributed by atoms with van der Waals surface area (Å²) in [6.45, 7) is 4.34. The minimum absolute atomic E-state index is 0.0214. The molecule has 0 aromatic rings. The predicted molar refractivity (Wildman–Crippen MR) is 36.4 cm³/mol. The Labute approximate surface area is 60.0 Å². The first-order valence-electron chi connectivity index (χ1n) is 3.41. The molecule has 1 heterocycles. The van der Waals surface area contributed by atoms with Crippen LogP contribution in [0.5, 0.6) is 0 Å². The number of Topliss-reactive ketones (excluding diaryl/α,β-unsaturated/α-hetero) is 1. The predicted octanol–water partition coefficient (Wildman–Crippen LogP) is 0.0537. The van der Waals surface area contributed by atoms with Crippen LogP contribution in [0.25, 0.3) is 0 Å². The number of nitrogens with zero attached hydrogens (tertiary/aromatic N) is 1. The first kappa shape index (κ1) is 7.25. The Morgan fingerprint density at radius 3 is 2.30 bits per heavy atom. The molecule has 0 N–H and O–H groups in total. The topological polar surface area (TPSA) is 37.4 Å². The maximum Gasteiger partial charge on any atom is 0.225 e. The quantitative estimate of drug-likeness (QED) is 0.517. The van der Waals surface area contributed by atoms with Crippen LogP contribution in [0.4, 0.5) is 0 Å². The Bertz CT molecular complexity index is 166. The number of hydrogen-bond acceptors (Lipinski definition) is 2. The largest absolute Gasteiger partial charge is 0.328 e. The van der Waals surface area contributed by atoms with Crippen LogP contribution < -0.4 is 0 Å². The lowest BCUT2D eigenvalue weighted by Crippen LogP contribution is -2.51. The van der Waals surface area contributed by atoms with Crippen molar-refractivity contribution in [1.82, 2.24) is 4.90 Å². The summed E-state index contributed by atoms with van der Waals surface area (Å²) in [4.78, 5) is 23.1. The summed E-state index contributed by atoms with van der Waals surface area (Å²) in [7, 11) is 0. The number of carbonyl (C=O) groups excluding carboxylic acids is 2. The van der Waals surface area contributed by atoms with Crippen LogP contribution in [0.2, 0.25) is 0 Å². The van der Waals surface area contributed by atoms with Gasteiger partial charge in [0.1, 0.15) is 0 Å². The molecule has 3 nitrogen and oxygen atoms in total. The molecule has 0 spiro atoms. The van der Waals surface area contributed by atoms with Crippen LogP contribution >= 0.6 is 0 Å². The normalized spacial score (nSPS) is 17.5. The van der Waals surface area contributed by atoms with Crippen molar-refractivity contribution in [3.05, 3.63) is 0 Å². The highest BCUT2D eigenvalue weighted by Crippen LogP contribution is 2.07. The molecule has 0 radical (unpaired) electrons. The van der Waals surface area contributed by atoms with Crippen molar-refractivity contribution in [2.24, 2.45) is 5.92 Å². The lowest BCUT2D eigenvalue weighted by atomic mass is 10.1. The minimum atomic E-state index is 0.0214. The van der Waals surface area contributed by atoms with E-state index in [1.807, 2.05) is 13.8 Å². The molecule has 56 valence electrons. The van der Waals surface area contributed by atoms with Crippen molar-refractivity contribution in [2.45, 2.75) is 13.8 Å². The molecule has 1 saturated heterocycles. The van der Waals surface area contributed by atoms with Crippen LogP contribution in [0, 0.1) is 5.92 Å². The fraction of sp³-hybridized carbons (Fsp3) is 0.714. The molecule has 0 aromatic heterocycles. The highest BCUT2D eigenvalue weighted by molar-refractivity contribution is 5.96. The molecule has 0 aliphatic carbocycles. The van der Waals surface area contributed by atoms with E-state index in [0.717, 1.165) is 0 Å². The maximum absolute atomic E-state index is 11.0. The summed E-state index contributed by atoms with van der Waals surface area (Å²) in [5.74, 6) is 0.265. The second-order valence-electron chi connectivity index (χ2n) is 2.89. The molecular formula is C7H11NO2. The fourth-order valence-corrected chi connectivity index (χ4v) is 0.900. The average Bonchev–Trinajstić information content (AvgIpc) is 1.79. The SMILES string of the molecule is CC(C)C(=O)N1CC(=O)C1. The molecule has 0 atom stereocenters. The van der Waals surface area contributed by atoms with Crippen molar-refractivity contribution in [1.29, 1.82) is 0 Å². The molecule has 1 fully saturated rings. The lowest BCUT2D eigenvalue weighted by Gasteiger charge is -2.30. The molecule has 0 saturated carbocycles. The molecule has 0 unspecified atom stereocenters. The van der Waals surface area contributed by atoms with E-state index in [-0.39, 0.29) is 17.6 Å². The van der Waals surface area contributed by atoms with Gasteiger partial charge in [-0.05, 0) is 0 Å². The monoisotopic (exact) mass is 141 g/mol. The van der Waals surface area contributed by atoms with Crippen LogP contribution in [0.3, 0.4) is 0 Å². The highest BCUT2D eigenvalue weighted by atomic mass is 16.2. The highest BCUT2D eigenvalue weighted by Gasteiger charge is 2.29. The van der Waals surface area contributed by atoms with E-state index < -0.39 is 0 Å². The average molecular weight is 141 g/mol. The zero-order chi connectivity index (χ0) is 7.72. The van der Waals surface area contributed by atoms with Gasteiger partial charge in [0, 0.05) is 5.92 Å². The van der Waals surface area contributed by atoms with Gasteiger partial charge >= 0.3 is 0 Å². The maximum atomic E-state index is 11.0. The summed E-state index contributed by atoms with van der Waals surface area (Å²) in [6.07, 6.45) is 0. The lowest BCUT2D eigenvalue weighted by molar-refractivity contribution is -0.147. The summed E-state index contributed by atoms with van der Waals surface area (Å²) < 4.78 is 0. The summed E-state index contributed by atoms with van der Waals surface area (Å²) >= 11 is 0. The van der Waals surface area contributed by atoms with Crippen molar-refractivity contribution in [3.8, 4) is 0 Å². The van der Waals surface area contributed by atoms with E-state index >= 15 is 0 Å². The molecule has 1 rings (SSSR count). The Balaban J connectivity index is 2.38. The van der Waals surface area contributed by atoms with E-state index in [1.165, 1.54) is 0 Å². The molecule has 3 heteroatoms. The zero-order valence-corrected chi connectivity index (χ0v) is 6.26. The van der Waals surface area contributed by atoms with Gasteiger partial charge in [0.05, 0.1) is 13.1 Å². The van der Waals surface area contributed by atoms with Gasteiger partial charge in [0.15, 0.2) is 5.78 Å². The van der Waals surface area contributed by atoms with Gasteiger partial charge in [-0.15, -0.1) is 0 Å². The molecule has 1 amide bonds. The Morgan fingerprint density at radius 2 is 2.00 bits per heavy atom. The van der Waals surface area contributed by atoms with Gasteiger partial charge in [0.2, 0.25) is 5.91 Å². The van der Waals surface area contributed by atoms with Gasteiger partial charge in [-0.1, -0.05) is 13.8 Å². The second kappa shape index (κ2) is 2.40. The summed E-state index contributed by atoms with van der Waals surface area (Å²) in [6, 6.07) is 0. The standard InChI is InChI=1S/C7H11NO2/c1-5(2)7(10)8-3-6(9)4-8/h5H,3-4H2,1-2H3. The number of likely N-dealkylation sites (tertiary alicyclic amines) is 1. The summed E-state index contributed by atoms with van der Waals surface area (Å²) in [5.41, 5.74) is 0. The third-order valence-electron chi connectivity index (χ3n) is 1.54. The molecule has 0 aromatic carbocycles. The number of carbonyl (C=O) groups is 2. The molecule has 10 heavy (non-hydrogen) atoms. The number of hydrogen-bond donors (Lipinski definition) is 0. The van der Waals surface area contributed by atoms with Crippen molar-refractivity contribution < 1.29 is 9.59 Å². The fourth-order valence-electron chi connectivity index (χ4n) is 0.900. The smallest absolute Gasteiger partial charge is 0.225 e. The number of amides is 1. The van der Waals surface area contributed by atoms with Crippen molar-refractivity contribution >= 4 is 11.7 Å². The molecule has 1 aliphatic rings. The number of rotatable bonds is 1. The van der Waals surface area contributed by atoms with E-state index in [2.05, 4.69) is 0 Å². The third-order valence-corrected chi connectivity index (χ3v) is 1.54. The second-order valence-corrected chi connectivity index (χ2v) is 2.89. The Morgan fingerprint density at radius 1 is 1.50 bits per heavy atom. The van der Waals surface area contributed by atoms with Crippen LogP contribution in [0.1, 0.15) is 13.8 Å². The van der Waals surface area contributed by atoms with Gasteiger partial charge < -0.3 is 4.90 Å².